The van der Waals surface area contributed by atoms with E-state index in [0.29, 0.717) is 11.1 Å². The van der Waals surface area contributed by atoms with Gasteiger partial charge >= 0.3 is 0 Å². The van der Waals surface area contributed by atoms with Gasteiger partial charge in [0.05, 0.1) is 21.7 Å². The van der Waals surface area contributed by atoms with Gasteiger partial charge in [-0.1, -0.05) is 12.1 Å². The van der Waals surface area contributed by atoms with Crippen LogP contribution in [0, 0.1) is 6.92 Å². The summed E-state index contributed by atoms with van der Waals surface area (Å²) >= 11 is 0. The third-order valence-electron chi connectivity index (χ3n) is 3.49. The number of hydrogen-bond acceptors (Lipinski definition) is 4. The third-order valence-corrected chi connectivity index (χ3v) is 4.50. The number of imide groups is 1. The molecule has 1 aliphatic rings. The van der Waals surface area contributed by atoms with Crippen LogP contribution in [0.25, 0.3) is 0 Å². The Hall–Kier alpha value is -2.51. The van der Waals surface area contributed by atoms with Crippen molar-refractivity contribution < 1.29 is 22.6 Å². The van der Waals surface area contributed by atoms with Crippen molar-refractivity contribution in [2.75, 3.05) is 4.90 Å². The number of benzene rings is 2. The van der Waals surface area contributed by atoms with E-state index in [-0.39, 0.29) is 16.1 Å². The summed E-state index contributed by atoms with van der Waals surface area (Å²) in [6.07, 6.45) is 0. The lowest BCUT2D eigenvalue weighted by Gasteiger charge is -2.15. The minimum absolute atomic E-state index is 0.247. The molecule has 0 spiro atoms. The second-order valence-corrected chi connectivity index (χ2v) is 6.31. The normalized spacial score (nSPS) is 14.4. The third kappa shape index (κ3) is 2.11. The Bertz CT molecular complexity index is 882. The largest absolute Gasteiger partial charge is 0.294 e. The average Bonchev–Trinajstić information content (AvgIpc) is 2.70. The maximum atomic E-state index is 12.3. The Morgan fingerprint density at radius 2 is 1.50 bits per heavy atom. The van der Waals surface area contributed by atoms with Gasteiger partial charge in [-0.2, -0.15) is 8.42 Å². The molecule has 22 heavy (non-hydrogen) atoms. The van der Waals surface area contributed by atoms with Crippen LogP contribution in [-0.4, -0.2) is 24.8 Å². The number of nitrogens with zero attached hydrogens (tertiary/aromatic N) is 1. The summed E-state index contributed by atoms with van der Waals surface area (Å²) in [5, 5.41) is 0. The fraction of sp³-hybridized carbons (Fsp3) is 0.0667. The van der Waals surface area contributed by atoms with Gasteiger partial charge in [-0.05, 0) is 42.8 Å². The standard InChI is InChI=1S/C15H11NO5S/c1-9-8-10(6-7-13(9)22(19,20)21)16-14(17)11-4-2-3-5-12(11)15(16)18/h2-8H,1H3,(H,19,20,21). The lowest BCUT2D eigenvalue weighted by atomic mass is 10.1. The topological polar surface area (TPSA) is 91.8 Å². The zero-order valence-electron chi connectivity index (χ0n) is 11.5. The van der Waals surface area contributed by atoms with Gasteiger partial charge in [0.25, 0.3) is 21.9 Å². The molecule has 112 valence electrons. The molecule has 3 rings (SSSR count). The Kier molecular flexibility index (Phi) is 3.12. The molecule has 0 saturated heterocycles. The Morgan fingerprint density at radius 1 is 0.955 bits per heavy atom. The molecule has 0 fully saturated rings. The van der Waals surface area contributed by atoms with E-state index in [1.165, 1.54) is 25.1 Å². The SMILES string of the molecule is Cc1cc(N2C(=O)c3ccccc3C2=O)ccc1S(=O)(=O)O. The van der Waals surface area contributed by atoms with E-state index < -0.39 is 21.9 Å². The molecule has 7 heteroatoms. The van der Waals surface area contributed by atoms with Gasteiger partial charge in [0.2, 0.25) is 0 Å². The summed E-state index contributed by atoms with van der Waals surface area (Å²) in [4.78, 5) is 25.4. The molecule has 0 unspecified atom stereocenters. The van der Waals surface area contributed by atoms with Gasteiger partial charge in [-0.15, -0.1) is 0 Å². The Labute approximate surface area is 126 Å². The van der Waals surface area contributed by atoms with Crippen LogP contribution < -0.4 is 4.90 Å². The summed E-state index contributed by atoms with van der Waals surface area (Å²) in [6, 6.07) is 10.3. The molecule has 1 aliphatic heterocycles. The second-order valence-electron chi connectivity index (χ2n) is 4.92. The number of amides is 2. The molecule has 1 N–H and O–H groups in total. The summed E-state index contributed by atoms with van der Waals surface area (Å²) in [7, 11) is -4.34. The maximum absolute atomic E-state index is 12.3. The van der Waals surface area contributed by atoms with Gasteiger partial charge in [0, 0.05) is 0 Å². The first-order valence-electron chi connectivity index (χ1n) is 6.36. The number of carbonyl (C=O) groups excluding carboxylic acids is 2. The van der Waals surface area contributed by atoms with E-state index in [0.717, 1.165) is 4.90 Å². The van der Waals surface area contributed by atoms with E-state index in [2.05, 4.69) is 0 Å². The molecule has 0 radical (unpaired) electrons. The first kappa shape index (κ1) is 14.4. The van der Waals surface area contributed by atoms with Gasteiger partial charge in [-0.25, -0.2) is 4.90 Å². The molecule has 0 atom stereocenters. The number of rotatable bonds is 2. The minimum atomic E-state index is -4.34. The summed E-state index contributed by atoms with van der Waals surface area (Å²) < 4.78 is 31.5. The van der Waals surface area contributed by atoms with Crippen LogP contribution >= 0.6 is 0 Å². The first-order valence-corrected chi connectivity index (χ1v) is 7.80. The van der Waals surface area contributed by atoms with Crippen molar-refractivity contribution in [3.8, 4) is 0 Å². The molecule has 2 aromatic carbocycles. The first-order chi connectivity index (χ1) is 10.3. The number of fused-ring (bicyclic) bond motifs is 1. The number of aryl methyl sites for hydroxylation is 1. The van der Waals surface area contributed by atoms with Gasteiger partial charge < -0.3 is 0 Å². The molecule has 2 aromatic rings. The molecule has 2 amide bonds. The maximum Gasteiger partial charge on any atom is 0.294 e. The molecule has 1 heterocycles. The van der Waals surface area contributed by atoms with Crippen LogP contribution in [0.4, 0.5) is 5.69 Å². The molecule has 0 saturated carbocycles. The van der Waals surface area contributed by atoms with E-state index in [1.807, 2.05) is 0 Å². The zero-order chi connectivity index (χ0) is 16.1. The highest BCUT2D eigenvalue weighted by atomic mass is 32.2. The second kappa shape index (κ2) is 4.75. The lowest BCUT2D eigenvalue weighted by molar-refractivity contribution is 0.0926. The molecular formula is C15H11NO5S. The van der Waals surface area contributed by atoms with Crippen LogP contribution in [0.2, 0.25) is 0 Å². The Morgan fingerprint density at radius 3 is 1.95 bits per heavy atom. The fourth-order valence-electron chi connectivity index (χ4n) is 2.49. The number of carbonyl (C=O) groups is 2. The van der Waals surface area contributed by atoms with Crippen LogP contribution in [0.15, 0.2) is 47.4 Å². The van der Waals surface area contributed by atoms with Gasteiger partial charge in [0.15, 0.2) is 0 Å². The van der Waals surface area contributed by atoms with Crippen LogP contribution in [0.1, 0.15) is 26.3 Å². The highest BCUT2D eigenvalue weighted by Crippen LogP contribution is 2.30. The van der Waals surface area contributed by atoms with Crippen molar-refractivity contribution in [2.24, 2.45) is 0 Å². The van der Waals surface area contributed by atoms with Crippen molar-refractivity contribution in [3.05, 3.63) is 59.2 Å². The van der Waals surface area contributed by atoms with Crippen molar-refractivity contribution in [1.29, 1.82) is 0 Å². The van der Waals surface area contributed by atoms with Crippen LogP contribution in [0.3, 0.4) is 0 Å². The summed E-state index contributed by atoms with van der Waals surface area (Å²) in [6.45, 7) is 1.48. The van der Waals surface area contributed by atoms with Crippen molar-refractivity contribution in [3.63, 3.8) is 0 Å². The number of hydrogen-bond donors (Lipinski definition) is 1. The van der Waals surface area contributed by atoms with E-state index in [4.69, 9.17) is 4.55 Å². The van der Waals surface area contributed by atoms with Gasteiger partial charge in [0.1, 0.15) is 0 Å². The highest BCUT2D eigenvalue weighted by molar-refractivity contribution is 7.85. The van der Waals surface area contributed by atoms with Crippen molar-refractivity contribution >= 4 is 27.6 Å². The fourth-order valence-corrected chi connectivity index (χ4v) is 3.19. The van der Waals surface area contributed by atoms with E-state index in [1.54, 1.807) is 24.3 Å². The molecule has 0 aliphatic carbocycles. The average molecular weight is 317 g/mol. The Balaban J connectivity index is 2.09. The lowest BCUT2D eigenvalue weighted by Crippen LogP contribution is -2.29. The smallest absolute Gasteiger partial charge is 0.282 e. The van der Waals surface area contributed by atoms with Crippen molar-refractivity contribution in [2.45, 2.75) is 11.8 Å². The zero-order valence-corrected chi connectivity index (χ0v) is 12.3. The molecule has 0 aromatic heterocycles. The number of anilines is 1. The van der Waals surface area contributed by atoms with E-state index >= 15 is 0 Å². The highest BCUT2D eigenvalue weighted by Gasteiger charge is 2.36. The minimum Gasteiger partial charge on any atom is -0.282 e. The molecule has 0 bridgehead atoms. The molecular weight excluding hydrogens is 306 g/mol. The van der Waals surface area contributed by atoms with Crippen LogP contribution in [0.5, 0.6) is 0 Å². The van der Waals surface area contributed by atoms with E-state index in [9.17, 15) is 18.0 Å². The predicted molar refractivity (Wildman–Crippen MR) is 78.6 cm³/mol. The van der Waals surface area contributed by atoms with Crippen molar-refractivity contribution in [1.82, 2.24) is 0 Å². The van der Waals surface area contributed by atoms with Gasteiger partial charge in [-0.3, -0.25) is 14.1 Å². The summed E-state index contributed by atoms with van der Waals surface area (Å²) in [5.41, 5.74) is 1.13. The monoisotopic (exact) mass is 317 g/mol. The molecule has 6 nitrogen and oxygen atoms in total. The summed E-state index contributed by atoms with van der Waals surface area (Å²) in [5.74, 6) is -0.917. The predicted octanol–water partition coefficient (Wildman–Crippen LogP) is 2.04. The van der Waals surface area contributed by atoms with Crippen LogP contribution in [-0.2, 0) is 10.1 Å². The quantitative estimate of drug-likeness (QED) is 0.676.